The molecule has 0 saturated carbocycles. The average Bonchev–Trinajstić information content (AvgIpc) is 2.37. The summed E-state index contributed by atoms with van der Waals surface area (Å²) in [6.07, 6.45) is 0. The third kappa shape index (κ3) is 3.17. The van der Waals surface area contributed by atoms with Crippen LogP contribution in [0.4, 0.5) is 5.69 Å². The van der Waals surface area contributed by atoms with Crippen LogP contribution in [0.2, 0.25) is 0 Å². The second kappa shape index (κ2) is 5.62. The molecule has 0 saturated heterocycles. The zero-order valence-corrected chi connectivity index (χ0v) is 11.6. The number of carbonyl (C=O) groups excluding carboxylic acids is 2. The van der Waals surface area contributed by atoms with E-state index in [-0.39, 0.29) is 11.7 Å². The molecule has 0 atom stereocenters. The Morgan fingerprint density at radius 3 is 2.29 bits per heavy atom. The lowest BCUT2D eigenvalue weighted by Crippen LogP contribution is -2.17. The first kappa shape index (κ1) is 14.5. The monoisotopic (exact) mass is 286 g/mol. The molecule has 6 heteroatoms. The van der Waals surface area contributed by atoms with Crippen molar-refractivity contribution in [3.63, 3.8) is 0 Å². The van der Waals surface area contributed by atoms with Crippen molar-refractivity contribution in [2.45, 2.75) is 13.8 Å². The first-order valence-corrected chi connectivity index (χ1v) is 6.21. The van der Waals surface area contributed by atoms with Crippen LogP contribution in [-0.2, 0) is 0 Å². The van der Waals surface area contributed by atoms with Gasteiger partial charge in [-0.1, -0.05) is 0 Å². The zero-order valence-electron chi connectivity index (χ0n) is 11.6. The summed E-state index contributed by atoms with van der Waals surface area (Å²) in [6.45, 7) is 3.22. The quantitative estimate of drug-likeness (QED) is 0.894. The van der Waals surface area contributed by atoms with Gasteiger partial charge in [-0.05, 0) is 43.7 Å². The van der Waals surface area contributed by atoms with Gasteiger partial charge in [0.25, 0.3) is 5.91 Å². The molecule has 1 aromatic heterocycles. The van der Waals surface area contributed by atoms with E-state index < -0.39 is 11.5 Å². The van der Waals surface area contributed by atoms with Crippen LogP contribution in [0.3, 0.4) is 0 Å². The minimum atomic E-state index is -0.538. The fourth-order valence-electron chi connectivity index (χ4n) is 2.01. The van der Waals surface area contributed by atoms with Gasteiger partial charge in [-0.15, -0.1) is 0 Å². The van der Waals surface area contributed by atoms with Crippen molar-refractivity contribution in [1.29, 1.82) is 0 Å². The Kier molecular flexibility index (Phi) is 3.89. The lowest BCUT2D eigenvalue weighted by Gasteiger charge is -2.09. The smallest absolute Gasteiger partial charge is 0.336 e. The van der Waals surface area contributed by atoms with Crippen LogP contribution in [0.25, 0.3) is 0 Å². The Labute approximate surface area is 120 Å². The third-order valence-electron chi connectivity index (χ3n) is 2.99. The van der Waals surface area contributed by atoms with Crippen LogP contribution in [-0.4, -0.2) is 11.8 Å². The molecule has 0 fully saturated rings. The lowest BCUT2D eigenvalue weighted by atomic mass is 10.1. The molecule has 21 heavy (non-hydrogen) atoms. The SMILES string of the molecule is Cc1cc(=O)oc(C)c1C(=O)Nc1ccc(C(N)=O)cc1. The molecule has 2 aromatic rings. The molecule has 3 N–H and O–H groups in total. The van der Waals surface area contributed by atoms with Crippen LogP contribution >= 0.6 is 0 Å². The van der Waals surface area contributed by atoms with Gasteiger partial charge in [-0.2, -0.15) is 0 Å². The van der Waals surface area contributed by atoms with Crippen molar-refractivity contribution in [2.24, 2.45) is 5.73 Å². The highest BCUT2D eigenvalue weighted by Crippen LogP contribution is 2.15. The number of primary amides is 1. The standard InChI is InChI=1S/C15H14N2O4/c1-8-7-12(18)21-9(2)13(8)15(20)17-11-5-3-10(4-6-11)14(16)19/h3-7H,1-2H3,(H2,16,19)(H,17,20). The number of carbonyl (C=O) groups is 2. The fraction of sp³-hybridized carbons (Fsp3) is 0.133. The number of aryl methyl sites for hydroxylation is 2. The second-order valence-corrected chi connectivity index (χ2v) is 4.58. The highest BCUT2D eigenvalue weighted by molar-refractivity contribution is 6.06. The molecular formula is C15H14N2O4. The van der Waals surface area contributed by atoms with Gasteiger partial charge in [-0.25, -0.2) is 4.79 Å². The largest absolute Gasteiger partial charge is 0.427 e. The van der Waals surface area contributed by atoms with Crippen molar-refractivity contribution in [2.75, 3.05) is 5.32 Å². The highest BCUT2D eigenvalue weighted by Gasteiger charge is 2.15. The van der Waals surface area contributed by atoms with Gasteiger partial charge in [0, 0.05) is 17.3 Å². The van der Waals surface area contributed by atoms with E-state index in [0.717, 1.165) is 0 Å². The molecule has 0 aliphatic heterocycles. The molecule has 2 amide bonds. The number of nitrogens with one attached hydrogen (secondary N) is 1. The number of amides is 2. The van der Waals surface area contributed by atoms with Gasteiger partial charge < -0.3 is 15.5 Å². The number of hydrogen-bond donors (Lipinski definition) is 2. The molecule has 6 nitrogen and oxygen atoms in total. The van der Waals surface area contributed by atoms with E-state index in [4.69, 9.17) is 10.2 Å². The third-order valence-corrected chi connectivity index (χ3v) is 2.99. The zero-order chi connectivity index (χ0) is 15.6. The minimum Gasteiger partial charge on any atom is -0.427 e. The molecule has 0 bridgehead atoms. The summed E-state index contributed by atoms with van der Waals surface area (Å²) in [6, 6.07) is 7.44. The summed E-state index contributed by atoms with van der Waals surface area (Å²) in [5.41, 5.74) is 6.36. The molecule has 0 aliphatic rings. The summed E-state index contributed by atoms with van der Waals surface area (Å²) >= 11 is 0. The van der Waals surface area contributed by atoms with Crippen molar-refractivity contribution < 1.29 is 14.0 Å². The normalized spacial score (nSPS) is 10.2. The van der Waals surface area contributed by atoms with Crippen molar-refractivity contribution in [1.82, 2.24) is 0 Å². The number of nitrogens with two attached hydrogens (primary N) is 1. The molecule has 0 unspecified atom stereocenters. The van der Waals surface area contributed by atoms with Crippen LogP contribution in [0.5, 0.6) is 0 Å². The number of rotatable bonds is 3. The lowest BCUT2D eigenvalue weighted by molar-refractivity contribution is 0.0997. The predicted octanol–water partition coefficient (Wildman–Crippen LogP) is 1.61. The van der Waals surface area contributed by atoms with Crippen molar-refractivity contribution in [3.05, 3.63) is 63.2 Å². The van der Waals surface area contributed by atoms with Crippen molar-refractivity contribution in [3.8, 4) is 0 Å². The average molecular weight is 286 g/mol. The van der Waals surface area contributed by atoms with Crippen LogP contribution < -0.4 is 16.7 Å². The number of hydrogen-bond acceptors (Lipinski definition) is 4. The molecule has 108 valence electrons. The first-order valence-electron chi connectivity index (χ1n) is 6.21. The Morgan fingerprint density at radius 1 is 1.14 bits per heavy atom. The Morgan fingerprint density at radius 2 is 1.76 bits per heavy atom. The maximum atomic E-state index is 12.2. The van der Waals surface area contributed by atoms with E-state index in [1.54, 1.807) is 26.0 Å². The van der Waals surface area contributed by atoms with E-state index in [1.165, 1.54) is 18.2 Å². The summed E-state index contributed by atoms with van der Waals surface area (Å²) in [7, 11) is 0. The predicted molar refractivity (Wildman–Crippen MR) is 77.4 cm³/mol. The van der Waals surface area contributed by atoms with Gasteiger partial charge >= 0.3 is 5.63 Å². The van der Waals surface area contributed by atoms with E-state index in [2.05, 4.69) is 5.32 Å². The van der Waals surface area contributed by atoms with Gasteiger partial charge in [0.1, 0.15) is 5.76 Å². The van der Waals surface area contributed by atoms with Crippen LogP contribution in [0.1, 0.15) is 32.0 Å². The molecular weight excluding hydrogens is 272 g/mol. The Hall–Kier alpha value is -2.89. The van der Waals surface area contributed by atoms with E-state index >= 15 is 0 Å². The fourth-order valence-corrected chi connectivity index (χ4v) is 2.01. The summed E-state index contributed by atoms with van der Waals surface area (Å²) in [5.74, 6) is -0.670. The van der Waals surface area contributed by atoms with Gasteiger partial charge in [-0.3, -0.25) is 9.59 Å². The van der Waals surface area contributed by atoms with Crippen LogP contribution in [0, 0.1) is 13.8 Å². The first-order chi connectivity index (χ1) is 9.88. The minimum absolute atomic E-state index is 0.256. The van der Waals surface area contributed by atoms with E-state index in [0.29, 0.717) is 22.4 Å². The topological polar surface area (TPSA) is 102 Å². The Bertz CT molecular complexity index is 734. The molecule has 0 aliphatic carbocycles. The van der Waals surface area contributed by atoms with Gasteiger partial charge in [0.05, 0.1) is 5.56 Å². The number of anilines is 1. The molecule has 1 aromatic carbocycles. The van der Waals surface area contributed by atoms with Gasteiger partial charge in [0.2, 0.25) is 5.91 Å². The summed E-state index contributed by atoms with van der Waals surface area (Å²) < 4.78 is 4.92. The van der Waals surface area contributed by atoms with E-state index in [9.17, 15) is 14.4 Å². The number of benzene rings is 1. The Balaban J connectivity index is 2.26. The summed E-state index contributed by atoms with van der Waals surface area (Å²) in [4.78, 5) is 34.4. The summed E-state index contributed by atoms with van der Waals surface area (Å²) in [5, 5.41) is 2.67. The molecule has 0 radical (unpaired) electrons. The van der Waals surface area contributed by atoms with Gasteiger partial charge in [0.15, 0.2) is 0 Å². The molecule has 1 heterocycles. The van der Waals surface area contributed by atoms with Crippen molar-refractivity contribution >= 4 is 17.5 Å². The highest BCUT2D eigenvalue weighted by atomic mass is 16.4. The maximum absolute atomic E-state index is 12.2. The molecule has 0 spiro atoms. The second-order valence-electron chi connectivity index (χ2n) is 4.58. The molecule has 2 rings (SSSR count). The van der Waals surface area contributed by atoms with E-state index in [1.807, 2.05) is 0 Å². The maximum Gasteiger partial charge on any atom is 0.336 e. The van der Waals surface area contributed by atoms with Crippen LogP contribution in [0.15, 0.2) is 39.5 Å².